The van der Waals surface area contributed by atoms with E-state index in [0.29, 0.717) is 0 Å². The fourth-order valence-corrected chi connectivity index (χ4v) is 5.26. The van der Waals surface area contributed by atoms with Crippen LogP contribution in [0.15, 0.2) is 30.3 Å². The van der Waals surface area contributed by atoms with Gasteiger partial charge in [-0.1, -0.05) is 0 Å². The molecule has 1 aliphatic carbocycles. The van der Waals surface area contributed by atoms with Crippen LogP contribution in [0.3, 0.4) is 0 Å². The van der Waals surface area contributed by atoms with E-state index in [1.165, 1.54) is 36.6 Å². The summed E-state index contributed by atoms with van der Waals surface area (Å²) in [4.78, 5) is 0. The Balaban J connectivity index is 1.76. The van der Waals surface area contributed by atoms with Crippen molar-refractivity contribution < 1.29 is 0 Å². The summed E-state index contributed by atoms with van der Waals surface area (Å²) in [5.74, 6) is 1.08. The Hall–Kier alpha value is 0.00961. The summed E-state index contributed by atoms with van der Waals surface area (Å²) in [6, 6.07) is 11.1. The van der Waals surface area contributed by atoms with E-state index >= 15 is 0 Å². The Labute approximate surface area is 97.2 Å². The van der Waals surface area contributed by atoms with Crippen LogP contribution < -0.4 is 3.61 Å². The summed E-state index contributed by atoms with van der Waals surface area (Å²) in [5, 5.41) is 0. The van der Waals surface area contributed by atoms with E-state index in [9.17, 15) is 0 Å². The summed E-state index contributed by atoms with van der Waals surface area (Å²) in [7, 11) is 0. The first-order valence-corrected chi connectivity index (χ1v) is 8.44. The second-order valence-corrected chi connectivity index (χ2v) is 7.25. The van der Waals surface area contributed by atoms with Crippen LogP contribution in [0.1, 0.15) is 32.1 Å². The molecule has 0 radical (unpaired) electrons. The molecule has 14 heavy (non-hydrogen) atoms. The molecular weight excluding hydrogens is 284 g/mol. The second kappa shape index (κ2) is 5.79. The molecule has 76 valence electrons. The van der Waals surface area contributed by atoms with Gasteiger partial charge in [0.2, 0.25) is 0 Å². The normalized spacial score (nSPS) is 18.3. The molecule has 0 unspecified atom stereocenters. The average Bonchev–Trinajstić information content (AvgIpc) is 2.29. The molecule has 0 amide bonds. The van der Waals surface area contributed by atoms with Gasteiger partial charge >= 0.3 is 97.4 Å². The van der Waals surface area contributed by atoms with E-state index in [2.05, 4.69) is 30.3 Å². The van der Waals surface area contributed by atoms with E-state index in [1.807, 2.05) is 0 Å². The van der Waals surface area contributed by atoms with Crippen LogP contribution in [0.4, 0.5) is 0 Å². The molecule has 1 aromatic rings. The van der Waals surface area contributed by atoms with Gasteiger partial charge in [0, 0.05) is 0 Å². The van der Waals surface area contributed by atoms with Crippen molar-refractivity contribution >= 4 is 24.5 Å². The van der Waals surface area contributed by atoms with Crippen LogP contribution in [0, 0.1) is 5.92 Å². The third-order valence-electron chi connectivity index (χ3n) is 2.95. The molecule has 0 nitrogen and oxygen atoms in total. The molecule has 0 aromatic heterocycles. The molecule has 1 heteroatoms. The number of benzene rings is 1. The zero-order valence-corrected chi connectivity index (χ0v) is 10.9. The van der Waals surface area contributed by atoms with Gasteiger partial charge in [-0.05, 0) is 0 Å². The molecule has 1 fully saturated rings. The van der Waals surface area contributed by atoms with Crippen molar-refractivity contribution in [3.05, 3.63) is 30.3 Å². The molecule has 2 rings (SSSR count). The Morgan fingerprint density at radius 1 is 1.00 bits per heavy atom. The molecule has 1 aliphatic rings. The van der Waals surface area contributed by atoms with Gasteiger partial charge in [-0.15, -0.1) is 0 Å². The van der Waals surface area contributed by atoms with Gasteiger partial charge in [-0.3, -0.25) is 0 Å². The van der Waals surface area contributed by atoms with E-state index in [4.69, 9.17) is 0 Å². The van der Waals surface area contributed by atoms with Crippen molar-refractivity contribution in [2.24, 2.45) is 5.92 Å². The van der Waals surface area contributed by atoms with Crippen molar-refractivity contribution in [3.63, 3.8) is 0 Å². The Kier molecular flexibility index (Phi) is 4.35. The van der Waals surface area contributed by atoms with Gasteiger partial charge in [0.05, 0.1) is 0 Å². The van der Waals surface area contributed by atoms with E-state index in [0.717, 1.165) is 5.92 Å². The molecule has 0 N–H and O–H groups in total. The monoisotopic (exact) mass is 304 g/mol. The Morgan fingerprint density at radius 2 is 1.71 bits per heavy atom. The first kappa shape index (κ1) is 10.5. The molecule has 1 aromatic carbocycles. The molecular formula is C13H18Te. The topological polar surface area (TPSA) is 0 Å². The van der Waals surface area contributed by atoms with E-state index < -0.39 is 0 Å². The first-order chi connectivity index (χ1) is 6.95. The third kappa shape index (κ3) is 3.30. The van der Waals surface area contributed by atoms with Gasteiger partial charge in [0.1, 0.15) is 0 Å². The Bertz CT molecular complexity index is 249. The van der Waals surface area contributed by atoms with Crippen LogP contribution in [0.25, 0.3) is 0 Å². The zero-order valence-electron chi connectivity index (χ0n) is 8.61. The maximum atomic E-state index is 2.31. The van der Waals surface area contributed by atoms with Crippen LogP contribution in [-0.4, -0.2) is 20.9 Å². The third-order valence-corrected chi connectivity index (χ3v) is 6.50. The fraction of sp³-hybridized carbons (Fsp3) is 0.538. The fourth-order valence-electron chi connectivity index (χ4n) is 2.08. The van der Waals surface area contributed by atoms with Crippen molar-refractivity contribution in [3.8, 4) is 0 Å². The average molecular weight is 302 g/mol. The minimum atomic E-state index is 0.123. The van der Waals surface area contributed by atoms with E-state index in [1.54, 1.807) is 3.61 Å². The Morgan fingerprint density at radius 3 is 2.43 bits per heavy atom. The number of hydrogen-bond donors (Lipinski definition) is 0. The van der Waals surface area contributed by atoms with Gasteiger partial charge in [0.15, 0.2) is 0 Å². The molecule has 1 saturated carbocycles. The maximum absolute atomic E-state index is 2.31. The molecule has 0 saturated heterocycles. The summed E-state index contributed by atoms with van der Waals surface area (Å²) in [5.41, 5.74) is 0. The predicted molar refractivity (Wildman–Crippen MR) is 63.2 cm³/mol. The van der Waals surface area contributed by atoms with Gasteiger partial charge < -0.3 is 0 Å². The van der Waals surface area contributed by atoms with Crippen LogP contribution in [0.2, 0.25) is 4.47 Å². The molecule has 0 spiro atoms. The van der Waals surface area contributed by atoms with Crippen molar-refractivity contribution in [1.82, 2.24) is 0 Å². The summed E-state index contributed by atoms with van der Waals surface area (Å²) in [6.45, 7) is 0. The van der Waals surface area contributed by atoms with E-state index in [-0.39, 0.29) is 20.9 Å². The number of hydrogen-bond acceptors (Lipinski definition) is 0. The summed E-state index contributed by atoms with van der Waals surface area (Å²) in [6.07, 6.45) is 7.50. The number of rotatable bonds is 3. The predicted octanol–water partition coefficient (Wildman–Crippen LogP) is 3.01. The summed E-state index contributed by atoms with van der Waals surface area (Å²) < 4.78 is 3.18. The molecule has 0 aliphatic heterocycles. The minimum absolute atomic E-state index is 0.123. The van der Waals surface area contributed by atoms with Crippen molar-refractivity contribution in [2.75, 3.05) is 0 Å². The quantitative estimate of drug-likeness (QED) is 0.753. The van der Waals surface area contributed by atoms with Crippen LogP contribution >= 0.6 is 0 Å². The SMILES string of the molecule is c1ccc([Te]CC2CCCCC2)cc1. The van der Waals surface area contributed by atoms with Crippen LogP contribution in [0.5, 0.6) is 0 Å². The van der Waals surface area contributed by atoms with Gasteiger partial charge in [-0.25, -0.2) is 0 Å². The molecule has 0 bridgehead atoms. The summed E-state index contributed by atoms with van der Waals surface area (Å²) >= 11 is 0.123. The van der Waals surface area contributed by atoms with Gasteiger partial charge in [-0.2, -0.15) is 0 Å². The second-order valence-electron chi connectivity index (χ2n) is 4.13. The molecule has 0 heterocycles. The van der Waals surface area contributed by atoms with Gasteiger partial charge in [0.25, 0.3) is 0 Å². The van der Waals surface area contributed by atoms with Crippen molar-refractivity contribution in [2.45, 2.75) is 36.6 Å². The standard InChI is InChI=1S/C13H18Te/c1-3-7-12(8-4-1)11-14-13-9-5-2-6-10-13/h2,5-6,9-10,12H,1,3-4,7-8,11H2. The van der Waals surface area contributed by atoms with Crippen LogP contribution in [-0.2, 0) is 0 Å². The zero-order chi connectivity index (χ0) is 9.64. The molecule has 0 atom stereocenters. The van der Waals surface area contributed by atoms with Crippen molar-refractivity contribution in [1.29, 1.82) is 0 Å². The first-order valence-electron chi connectivity index (χ1n) is 5.63.